The van der Waals surface area contributed by atoms with Gasteiger partial charge in [0.2, 0.25) is 5.91 Å². The lowest BCUT2D eigenvalue weighted by molar-refractivity contribution is -0.146. The summed E-state index contributed by atoms with van der Waals surface area (Å²) in [5.74, 6) is -0.754. The minimum absolute atomic E-state index is 0.0568. The Morgan fingerprint density at radius 1 is 1.06 bits per heavy atom. The van der Waals surface area contributed by atoms with Gasteiger partial charge in [-0.1, -0.05) is 54.2 Å². The molecule has 1 aromatic heterocycles. The largest absolute Gasteiger partial charge is 0.497 e. The Morgan fingerprint density at radius 3 is 2.52 bits per heavy atom. The number of carbonyl (C=O) groups is 2. The normalized spacial score (nSPS) is 14.8. The van der Waals surface area contributed by atoms with E-state index in [1.165, 1.54) is 18.7 Å². The van der Waals surface area contributed by atoms with Crippen LogP contribution in [0.25, 0.3) is 0 Å². The molecule has 2 heterocycles. The summed E-state index contributed by atoms with van der Waals surface area (Å²) in [5, 5.41) is 1.24. The summed E-state index contributed by atoms with van der Waals surface area (Å²) < 4.78 is 12.7. The van der Waals surface area contributed by atoms with Crippen molar-refractivity contribution in [2.75, 3.05) is 12.4 Å². The summed E-state index contributed by atoms with van der Waals surface area (Å²) >= 11 is 0.786. The number of nitrogens with one attached hydrogen (secondary N) is 1. The van der Waals surface area contributed by atoms with Crippen LogP contribution in [-0.4, -0.2) is 33.4 Å². The lowest BCUT2D eigenvalue weighted by Gasteiger charge is -2.24. The minimum atomic E-state index is -1.28. The summed E-state index contributed by atoms with van der Waals surface area (Å²) in [6.07, 6.45) is 0. The average Bonchev–Trinajstić information content (AvgIpc) is 2.84. The SMILES string of the molecule is COc1cccc(COC(=O)C2Sc3c(n(C)c(=O)n(Cc4ccccc4)c3=O)NC2=O)c1. The number of carbonyl (C=O) groups excluding carboxylic acids is 2. The topological polar surface area (TPSA) is 109 Å². The number of amides is 1. The number of esters is 1. The highest BCUT2D eigenvalue weighted by atomic mass is 32.2. The summed E-state index contributed by atoms with van der Waals surface area (Å²) in [7, 11) is 2.99. The molecule has 0 bridgehead atoms. The van der Waals surface area contributed by atoms with E-state index >= 15 is 0 Å². The van der Waals surface area contributed by atoms with Gasteiger partial charge in [0.05, 0.1) is 13.7 Å². The molecule has 9 nitrogen and oxygen atoms in total. The van der Waals surface area contributed by atoms with Gasteiger partial charge in [-0.15, -0.1) is 0 Å². The predicted octanol–water partition coefficient (Wildman–Crippen LogP) is 1.76. The van der Waals surface area contributed by atoms with Crippen LogP contribution in [0, 0.1) is 0 Å². The highest BCUT2D eigenvalue weighted by Crippen LogP contribution is 2.32. The number of hydrogen-bond donors (Lipinski definition) is 1. The lowest BCUT2D eigenvalue weighted by Crippen LogP contribution is -2.46. The molecule has 1 unspecified atom stereocenters. The van der Waals surface area contributed by atoms with E-state index in [1.807, 2.05) is 18.2 Å². The molecule has 10 heteroatoms. The van der Waals surface area contributed by atoms with E-state index in [9.17, 15) is 19.2 Å². The number of nitrogens with zero attached hydrogens (tertiary/aromatic N) is 2. The van der Waals surface area contributed by atoms with E-state index in [0.717, 1.165) is 21.9 Å². The zero-order valence-electron chi connectivity index (χ0n) is 17.9. The zero-order chi connectivity index (χ0) is 23.5. The van der Waals surface area contributed by atoms with Gasteiger partial charge in [-0.2, -0.15) is 0 Å². The smallest absolute Gasteiger partial charge is 0.332 e. The fraction of sp³-hybridized carbons (Fsp3) is 0.217. The van der Waals surface area contributed by atoms with E-state index in [2.05, 4.69) is 5.32 Å². The van der Waals surface area contributed by atoms with Crippen LogP contribution >= 0.6 is 11.8 Å². The van der Waals surface area contributed by atoms with Gasteiger partial charge in [0.15, 0.2) is 5.25 Å². The van der Waals surface area contributed by atoms with Crippen molar-refractivity contribution in [2.45, 2.75) is 23.3 Å². The molecule has 0 radical (unpaired) electrons. The molecule has 0 spiro atoms. The second-order valence-corrected chi connectivity index (χ2v) is 8.46. The molecule has 0 saturated heterocycles. The maximum Gasteiger partial charge on any atom is 0.332 e. The van der Waals surface area contributed by atoms with Crippen LogP contribution in [0.3, 0.4) is 0 Å². The van der Waals surface area contributed by atoms with Crippen molar-refractivity contribution in [1.82, 2.24) is 9.13 Å². The zero-order valence-corrected chi connectivity index (χ0v) is 18.8. The number of ether oxygens (including phenoxy) is 2. The third kappa shape index (κ3) is 4.56. The second-order valence-electron chi connectivity index (χ2n) is 7.34. The number of thioether (sulfide) groups is 1. The number of hydrogen-bond acceptors (Lipinski definition) is 7. The maximum absolute atomic E-state index is 13.1. The Bertz CT molecular complexity index is 1330. The van der Waals surface area contributed by atoms with Crippen molar-refractivity contribution in [2.24, 2.45) is 7.05 Å². The number of benzene rings is 2. The molecule has 1 aliphatic heterocycles. The van der Waals surface area contributed by atoms with Gasteiger partial charge < -0.3 is 14.8 Å². The standard InChI is InChI=1S/C23H21N3O6S/c1-25-19-17(21(28)26(23(25)30)12-14-7-4-3-5-8-14)33-18(20(27)24-19)22(29)32-13-15-9-6-10-16(11-15)31-2/h3-11,18H,12-13H2,1-2H3,(H,24,27). The van der Waals surface area contributed by atoms with Crippen LogP contribution in [0.1, 0.15) is 11.1 Å². The average molecular weight is 468 g/mol. The summed E-state index contributed by atoms with van der Waals surface area (Å²) in [4.78, 5) is 51.3. The fourth-order valence-electron chi connectivity index (χ4n) is 3.39. The molecule has 1 N–H and O–H groups in total. The maximum atomic E-state index is 13.1. The Kier molecular flexibility index (Phi) is 6.36. The van der Waals surface area contributed by atoms with Gasteiger partial charge >= 0.3 is 11.7 Å². The fourth-order valence-corrected chi connectivity index (χ4v) is 4.47. The predicted molar refractivity (Wildman–Crippen MR) is 123 cm³/mol. The van der Waals surface area contributed by atoms with E-state index in [4.69, 9.17) is 9.47 Å². The second kappa shape index (κ2) is 9.37. The van der Waals surface area contributed by atoms with Crippen LogP contribution in [-0.2, 0) is 34.5 Å². The number of methoxy groups -OCH3 is 1. The van der Waals surface area contributed by atoms with Gasteiger partial charge in [-0.3, -0.25) is 23.5 Å². The molecule has 1 aliphatic rings. The first-order valence-corrected chi connectivity index (χ1v) is 10.9. The molecule has 0 saturated carbocycles. The van der Waals surface area contributed by atoms with E-state index in [-0.39, 0.29) is 23.9 Å². The van der Waals surface area contributed by atoms with Gasteiger partial charge in [0.1, 0.15) is 23.1 Å². The molecule has 1 amide bonds. The summed E-state index contributed by atoms with van der Waals surface area (Å²) in [6.45, 7) is 0.0117. The van der Waals surface area contributed by atoms with Crippen molar-refractivity contribution in [3.8, 4) is 5.75 Å². The molecule has 0 fully saturated rings. The molecule has 0 aliphatic carbocycles. The molecule has 33 heavy (non-hydrogen) atoms. The third-order valence-corrected chi connectivity index (χ3v) is 6.38. The van der Waals surface area contributed by atoms with E-state index in [1.54, 1.807) is 36.4 Å². The summed E-state index contributed by atoms with van der Waals surface area (Å²) in [6, 6.07) is 16.1. The molecular formula is C23H21N3O6S. The monoisotopic (exact) mass is 467 g/mol. The number of anilines is 1. The highest BCUT2D eigenvalue weighted by molar-refractivity contribution is 8.01. The molecule has 4 rings (SSSR count). The first kappa shape index (κ1) is 22.4. The quantitative estimate of drug-likeness (QED) is 0.435. The van der Waals surface area contributed by atoms with Crippen LogP contribution < -0.4 is 21.3 Å². The van der Waals surface area contributed by atoms with Crippen LogP contribution in [0.5, 0.6) is 5.75 Å². The number of fused-ring (bicyclic) bond motifs is 1. The van der Waals surface area contributed by atoms with Crippen LogP contribution in [0.2, 0.25) is 0 Å². The number of rotatable bonds is 6. The Hall–Kier alpha value is -3.79. The van der Waals surface area contributed by atoms with Crippen molar-refractivity contribution in [3.05, 3.63) is 86.6 Å². The molecule has 170 valence electrons. The Morgan fingerprint density at radius 2 is 1.79 bits per heavy atom. The molecule has 2 aromatic carbocycles. The minimum Gasteiger partial charge on any atom is -0.497 e. The van der Waals surface area contributed by atoms with Crippen molar-refractivity contribution in [3.63, 3.8) is 0 Å². The Labute approximate surface area is 192 Å². The first-order chi connectivity index (χ1) is 15.9. The van der Waals surface area contributed by atoms with Crippen LogP contribution in [0.15, 0.2) is 69.1 Å². The van der Waals surface area contributed by atoms with Gasteiger partial charge in [0.25, 0.3) is 5.56 Å². The van der Waals surface area contributed by atoms with Crippen molar-refractivity contribution < 1.29 is 19.1 Å². The van der Waals surface area contributed by atoms with Crippen LogP contribution in [0.4, 0.5) is 5.82 Å². The molecule has 3 aromatic rings. The highest BCUT2D eigenvalue weighted by Gasteiger charge is 2.37. The van der Waals surface area contributed by atoms with E-state index in [0.29, 0.717) is 11.3 Å². The van der Waals surface area contributed by atoms with Crippen molar-refractivity contribution >= 4 is 29.5 Å². The molecule has 1 atom stereocenters. The van der Waals surface area contributed by atoms with Gasteiger partial charge in [0, 0.05) is 7.05 Å². The summed E-state index contributed by atoms with van der Waals surface area (Å²) in [5.41, 5.74) is 0.322. The third-order valence-electron chi connectivity index (χ3n) is 5.14. The van der Waals surface area contributed by atoms with Gasteiger partial charge in [-0.25, -0.2) is 4.79 Å². The lowest BCUT2D eigenvalue weighted by atomic mass is 10.2. The van der Waals surface area contributed by atoms with Gasteiger partial charge in [-0.05, 0) is 23.3 Å². The van der Waals surface area contributed by atoms with Crippen molar-refractivity contribution in [1.29, 1.82) is 0 Å². The molecular weight excluding hydrogens is 446 g/mol. The first-order valence-electron chi connectivity index (χ1n) is 10.0. The van der Waals surface area contributed by atoms with E-state index < -0.39 is 28.4 Å². The Balaban J connectivity index is 1.59. The number of aromatic nitrogens is 2.